The summed E-state index contributed by atoms with van der Waals surface area (Å²) in [5.41, 5.74) is -0.868. The third kappa shape index (κ3) is 8.28. The lowest BCUT2D eigenvalue weighted by molar-refractivity contribution is -0.162. The van der Waals surface area contributed by atoms with E-state index < -0.39 is 65.7 Å². The van der Waals surface area contributed by atoms with Crippen molar-refractivity contribution >= 4 is 41.2 Å². The number of hydrogen-bond donors (Lipinski definition) is 2. The number of methoxy groups -OCH3 is 2. The maximum absolute atomic E-state index is 14.0. The van der Waals surface area contributed by atoms with E-state index >= 15 is 0 Å². The van der Waals surface area contributed by atoms with Gasteiger partial charge in [-0.3, -0.25) is 14.9 Å². The number of fused-ring (bicyclic) bond motifs is 5. The number of esters is 1. The number of rotatable bonds is 7. The molecule has 3 aliphatic heterocycles. The van der Waals surface area contributed by atoms with Crippen molar-refractivity contribution in [3.63, 3.8) is 0 Å². The van der Waals surface area contributed by atoms with Gasteiger partial charge < -0.3 is 38.6 Å². The number of epoxide rings is 1. The summed E-state index contributed by atoms with van der Waals surface area (Å²) < 4.78 is 29.1. The Hall–Kier alpha value is -3.65. The quantitative estimate of drug-likeness (QED) is 0.308. The average Bonchev–Trinajstić information content (AvgIpc) is 3.76. The summed E-state index contributed by atoms with van der Waals surface area (Å²) in [4.78, 5) is 55.7. The van der Waals surface area contributed by atoms with Crippen LogP contribution in [0.1, 0.15) is 65.9 Å². The highest BCUT2D eigenvalue weighted by Crippen LogP contribution is 2.49. The number of carbonyl (C=O) groups is 4. The molecule has 0 saturated carbocycles. The number of benzene rings is 1. The van der Waals surface area contributed by atoms with Crippen LogP contribution >= 0.6 is 11.6 Å². The molecule has 2 N–H and O–H groups in total. The Morgan fingerprint density at radius 1 is 1.26 bits per heavy atom. The normalized spacial score (nSPS) is 32.3. The number of allylic oxidation sites excluding steroid dienone is 3. The highest BCUT2D eigenvalue weighted by Gasteiger charge is 2.64. The molecule has 0 spiro atoms. The van der Waals surface area contributed by atoms with E-state index in [4.69, 9.17) is 35.3 Å². The number of hydrogen-bond acceptors (Lipinski definition) is 10. The fourth-order valence-electron chi connectivity index (χ4n) is 6.61. The predicted molar refractivity (Wildman–Crippen MR) is 186 cm³/mol. The van der Waals surface area contributed by atoms with Crippen LogP contribution in [0.25, 0.3) is 0 Å². The number of ether oxygens (including phenoxy) is 5. The van der Waals surface area contributed by atoms with Crippen LogP contribution in [-0.2, 0) is 39.8 Å². The Morgan fingerprint density at radius 2 is 1.96 bits per heavy atom. The van der Waals surface area contributed by atoms with Crippen LogP contribution in [0.4, 0.5) is 10.5 Å². The molecular weight excluding hydrogens is 670 g/mol. The summed E-state index contributed by atoms with van der Waals surface area (Å²) in [5.74, 6) is -1.49. The van der Waals surface area contributed by atoms with Crippen molar-refractivity contribution in [2.45, 2.75) is 109 Å². The third-order valence-corrected chi connectivity index (χ3v) is 10.4. The molecule has 13 nitrogen and oxygen atoms in total. The van der Waals surface area contributed by atoms with Gasteiger partial charge >= 0.3 is 12.1 Å². The molecule has 0 aromatic heterocycles. The maximum Gasteiger partial charge on any atom is 0.409 e. The summed E-state index contributed by atoms with van der Waals surface area (Å²) in [5, 5.41) is 14.4. The van der Waals surface area contributed by atoms with Gasteiger partial charge in [-0.05, 0) is 51.3 Å². The van der Waals surface area contributed by atoms with Crippen molar-refractivity contribution in [2.24, 2.45) is 5.92 Å². The monoisotopic (exact) mass is 719 g/mol. The van der Waals surface area contributed by atoms with Gasteiger partial charge in [-0.1, -0.05) is 49.2 Å². The van der Waals surface area contributed by atoms with Gasteiger partial charge in [0.05, 0.1) is 25.3 Å². The first-order valence-electron chi connectivity index (χ1n) is 16.8. The number of nitrogens with zero attached hydrogens (tertiary/aromatic N) is 2. The maximum atomic E-state index is 14.0. The fourth-order valence-corrected chi connectivity index (χ4v) is 6.92. The number of amides is 3. The number of likely N-dealkylation sites (N-methyl/N-ethyl adjacent to an activating group) is 1. The lowest BCUT2D eigenvalue weighted by Crippen LogP contribution is -2.63. The number of carbonyl (C=O) groups excluding carboxylic acids is 4. The summed E-state index contributed by atoms with van der Waals surface area (Å²) in [7, 11) is 6.03. The first kappa shape index (κ1) is 39.1. The Labute approximate surface area is 298 Å². The van der Waals surface area contributed by atoms with Gasteiger partial charge in [0.1, 0.15) is 40.7 Å². The van der Waals surface area contributed by atoms with Gasteiger partial charge in [-0.25, -0.2) is 9.59 Å². The molecule has 3 amide bonds. The van der Waals surface area contributed by atoms with Crippen molar-refractivity contribution in [1.82, 2.24) is 10.2 Å². The van der Waals surface area contributed by atoms with Gasteiger partial charge in [0.2, 0.25) is 11.8 Å². The number of alkyl carbamates (subject to hydrolysis) is 1. The SMILES string of the molecule is CCCC(=O)N(C)[C@@H](C)C(=O)O[C@H]1CC(=O)N(C)c2cc(cc(OC)c2Cl)C/C(C)=C/C=C/[C@@H](OC)[C@@]2(O)C[C@H](OC(=O)N2)C(C)[C@@H]2O[C@@]12C. The van der Waals surface area contributed by atoms with Crippen molar-refractivity contribution in [3.05, 3.63) is 46.5 Å². The van der Waals surface area contributed by atoms with E-state index in [0.29, 0.717) is 24.3 Å². The van der Waals surface area contributed by atoms with Crippen LogP contribution in [0.3, 0.4) is 0 Å². The molecule has 2 fully saturated rings. The number of aliphatic hydroxyl groups is 1. The zero-order chi connectivity index (χ0) is 37.1. The molecule has 0 aliphatic carbocycles. The zero-order valence-electron chi connectivity index (χ0n) is 30.3. The lowest BCUT2D eigenvalue weighted by atomic mass is 9.83. The minimum absolute atomic E-state index is 0.0426. The summed E-state index contributed by atoms with van der Waals surface area (Å²) in [6.07, 6.45) is 1.91. The van der Waals surface area contributed by atoms with E-state index in [2.05, 4.69) is 5.32 Å². The van der Waals surface area contributed by atoms with E-state index in [-0.39, 0.29) is 30.2 Å². The minimum Gasteiger partial charge on any atom is -0.495 e. The van der Waals surface area contributed by atoms with Gasteiger partial charge in [-0.2, -0.15) is 0 Å². The van der Waals surface area contributed by atoms with E-state index in [1.54, 1.807) is 52.1 Å². The van der Waals surface area contributed by atoms with Crippen LogP contribution in [0.5, 0.6) is 5.75 Å². The largest absolute Gasteiger partial charge is 0.495 e. The Balaban J connectivity index is 1.78. The van der Waals surface area contributed by atoms with Crippen LogP contribution in [-0.4, -0.2) is 104 Å². The molecule has 1 aromatic rings. The van der Waals surface area contributed by atoms with Gasteiger partial charge in [-0.15, -0.1) is 0 Å². The molecule has 1 aromatic carbocycles. The van der Waals surface area contributed by atoms with Gasteiger partial charge in [0.25, 0.3) is 0 Å². The van der Waals surface area contributed by atoms with Gasteiger partial charge in [0, 0.05) is 40.0 Å². The zero-order valence-corrected chi connectivity index (χ0v) is 31.0. The first-order valence-corrected chi connectivity index (χ1v) is 17.2. The molecule has 50 heavy (non-hydrogen) atoms. The standard InChI is InChI=1S/C36H50ClN3O10/c1-10-12-29(41)39(6)22(4)33(43)49-28-18-30(42)40(7)24-16-23(17-25(46-8)31(24)37)15-20(2)13-11-14-27(47-9)36(45)19-26(48-34(44)38-36)21(3)32-35(28,5)50-32/h11,13-14,16-17,21-22,26-28,32,45H,10,12,15,18-19H2,1-9H3,(H,38,44)/b14-11+,20-13+/t21?,22-,26-,27+,28-,32-,35-,36-/m0/s1. The van der Waals surface area contributed by atoms with Crippen LogP contribution in [0, 0.1) is 5.92 Å². The second-order valence-electron chi connectivity index (χ2n) is 13.7. The summed E-state index contributed by atoms with van der Waals surface area (Å²) >= 11 is 6.74. The molecular formula is C36H50ClN3O10. The summed E-state index contributed by atoms with van der Waals surface area (Å²) in [6, 6.07) is 2.65. The Bertz CT molecular complexity index is 1530. The van der Waals surface area contributed by atoms with Crippen LogP contribution < -0.4 is 15.0 Å². The van der Waals surface area contributed by atoms with Crippen molar-refractivity contribution in [3.8, 4) is 5.75 Å². The van der Waals surface area contributed by atoms with Crippen molar-refractivity contribution in [1.29, 1.82) is 0 Å². The van der Waals surface area contributed by atoms with E-state index in [1.165, 1.54) is 31.1 Å². The number of halogens is 1. The molecule has 8 atom stereocenters. The predicted octanol–water partition coefficient (Wildman–Crippen LogP) is 4.31. The number of anilines is 1. The molecule has 4 bridgehead atoms. The average molecular weight is 720 g/mol. The van der Waals surface area contributed by atoms with E-state index in [9.17, 15) is 24.3 Å². The molecule has 1 unspecified atom stereocenters. The highest BCUT2D eigenvalue weighted by molar-refractivity contribution is 6.35. The molecule has 3 heterocycles. The highest BCUT2D eigenvalue weighted by atomic mass is 35.5. The number of nitrogens with one attached hydrogen (secondary N) is 1. The minimum atomic E-state index is -1.82. The van der Waals surface area contributed by atoms with E-state index in [0.717, 1.165) is 11.1 Å². The van der Waals surface area contributed by atoms with Crippen molar-refractivity contribution < 1.29 is 48.0 Å². The van der Waals surface area contributed by atoms with E-state index in [1.807, 2.05) is 19.9 Å². The molecule has 4 rings (SSSR count). The second-order valence-corrected chi connectivity index (χ2v) is 14.0. The van der Waals surface area contributed by atoms with Crippen LogP contribution in [0.2, 0.25) is 5.02 Å². The van der Waals surface area contributed by atoms with Crippen LogP contribution in [0.15, 0.2) is 35.9 Å². The summed E-state index contributed by atoms with van der Waals surface area (Å²) in [6.45, 7) is 8.88. The first-order chi connectivity index (χ1) is 23.5. The smallest absolute Gasteiger partial charge is 0.409 e. The molecule has 3 aliphatic rings. The molecule has 0 radical (unpaired) electrons. The molecule has 2 saturated heterocycles. The van der Waals surface area contributed by atoms with Gasteiger partial charge in [0.15, 0.2) is 5.72 Å². The second kappa shape index (κ2) is 15.7. The topological polar surface area (TPSA) is 156 Å². The lowest BCUT2D eigenvalue weighted by Gasteiger charge is -2.42. The molecule has 276 valence electrons. The fraction of sp³-hybridized carbons (Fsp3) is 0.611. The molecule has 14 heteroatoms. The van der Waals surface area contributed by atoms with Crippen molar-refractivity contribution in [2.75, 3.05) is 33.2 Å². The Kier molecular flexibility index (Phi) is 12.3. The Morgan fingerprint density at radius 3 is 2.60 bits per heavy atom. The third-order valence-electron chi connectivity index (χ3n) is 9.99.